The molecule has 0 aliphatic heterocycles. The quantitative estimate of drug-likeness (QED) is 0.378. The zero-order chi connectivity index (χ0) is 15.4. The predicted octanol–water partition coefficient (Wildman–Crippen LogP) is 3.50. The Hall–Kier alpha value is -1.23. The highest BCUT2D eigenvalue weighted by Gasteiger charge is 2.05. The van der Waals surface area contributed by atoms with Gasteiger partial charge in [0.1, 0.15) is 11.6 Å². The first kappa shape index (κ1) is 16.1. The van der Waals surface area contributed by atoms with Crippen LogP contribution in [0.4, 0.5) is 4.39 Å². The highest BCUT2D eigenvalue weighted by atomic mass is 127. The van der Waals surface area contributed by atoms with Gasteiger partial charge in [0.25, 0.3) is 5.91 Å². The Morgan fingerprint density at radius 3 is 2.33 bits per heavy atom. The summed E-state index contributed by atoms with van der Waals surface area (Å²) in [6.45, 7) is 0. The second kappa shape index (κ2) is 7.16. The van der Waals surface area contributed by atoms with Gasteiger partial charge >= 0.3 is 0 Å². The number of hydrazone groups is 1. The summed E-state index contributed by atoms with van der Waals surface area (Å²) >= 11 is 4.03. The van der Waals surface area contributed by atoms with Gasteiger partial charge in [-0.05, 0) is 87.1 Å². The minimum atomic E-state index is -0.422. The summed E-state index contributed by atoms with van der Waals surface area (Å²) in [5, 5.41) is 13.5. The smallest absolute Gasteiger partial charge is 0.271 e. The molecule has 2 rings (SSSR count). The van der Waals surface area contributed by atoms with Gasteiger partial charge in [-0.25, -0.2) is 9.82 Å². The number of amides is 1. The van der Waals surface area contributed by atoms with Crippen molar-refractivity contribution in [2.75, 3.05) is 0 Å². The molecule has 0 radical (unpaired) electrons. The fraction of sp³-hybridized carbons (Fsp3) is 0. The standard InChI is InChI=1S/C14H9FI2N2O2/c15-10-3-1-9(2-4-10)14(21)19-18-7-8-5-11(16)13(20)12(17)6-8/h1-7,20H,(H,19,21). The molecule has 2 N–H and O–H groups in total. The number of phenolic OH excluding ortho intramolecular Hbond substituents is 1. The molecule has 0 unspecified atom stereocenters. The van der Waals surface area contributed by atoms with Crippen molar-refractivity contribution in [2.24, 2.45) is 5.10 Å². The maximum atomic E-state index is 12.7. The Labute approximate surface area is 147 Å². The van der Waals surface area contributed by atoms with Gasteiger partial charge in [-0.15, -0.1) is 0 Å². The lowest BCUT2D eigenvalue weighted by molar-refractivity contribution is 0.0955. The van der Waals surface area contributed by atoms with Crippen LogP contribution < -0.4 is 5.43 Å². The zero-order valence-corrected chi connectivity index (χ0v) is 14.8. The third-order valence-electron chi connectivity index (χ3n) is 2.53. The Morgan fingerprint density at radius 2 is 1.76 bits per heavy atom. The van der Waals surface area contributed by atoms with E-state index in [1.165, 1.54) is 30.5 Å². The van der Waals surface area contributed by atoms with E-state index in [4.69, 9.17) is 0 Å². The highest BCUT2D eigenvalue weighted by molar-refractivity contribution is 14.1. The molecule has 4 nitrogen and oxygen atoms in total. The number of aromatic hydroxyl groups is 1. The number of hydrogen-bond acceptors (Lipinski definition) is 3. The summed E-state index contributed by atoms with van der Waals surface area (Å²) in [5.41, 5.74) is 3.43. The van der Waals surface area contributed by atoms with Crippen molar-refractivity contribution in [3.8, 4) is 5.75 Å². The first-order chi connectivity index (χ1) is 9.97. The van der Waals surface area contributed by atoms with E-state index < -0.39 is 11.7 Å². The lowest BCUT2D eigenvalue weighted by atomic mass is 10.2. The number of nitrogens with one attached hydrogen (secondary N) is 1. The van der Waals surface area contributed by atoms with Gasteiger partial charge in [0.2, 0.25) is 0 Å². The molecular formula is C14H9FI2N2O2. The first-order valence-electron chi connectivity index (χ1n) is 5.74. The lowest BCUT2D eigenvalue weighted by Crippen LogP contribution is -2.17. The van der Waals surface area contributed by atoms with Crippen LogP contribution >= 0.6 is 45.2 Å². The van der Waals surface area contributed by atoms with Gasteiger partial charge in [-0.1, -0.05) is 0 Å². The van der Waals surface area contributed by atoms with Gasteiger partial charge in [-0.3, -0.25) is 4.79 Å². The summed E-state index contributed by atoms with van der Waals surface area (Å²) in [6.07, 6.45) is 1.48. The van der Waals surface area contributed by atoms with E-state index >= 15 is 0 Å². The van der Waals surface area contributed by atoms with Crippen molar-refractivity contribution in [3.05, 3.63) is 60.5 Å². The van der Waals surface area contributed by atoms with Crippen LogP contribution in [-0.2, 0) is 0 Å². The number of nitrogens with zero attached hydrogens (tertiary/aromatic N) is 1. The number of halogens is 3. The molecule has 2 aromatic carbocycles. The van der Waals surface area contributed by atoms with E-state index in [9.17, 15) is 14.3 Å². The van der Waals surface area contributed by atoms with Gasteiger partial charge in [-0.2, -0.15) is 5.10 Å². The molecule has 0 aliphatic rings. The number of hydrogen-bond donors (Lipinski definition) is 2. The first-order valence-corrected chi connectivity index (χ1v) is 7.90. The normalized spacial score (nSPS) is 10.8. The summed E-state index contributed by atoms with van der Waals surface area (Å²) < 4.78 is 14.1. The van der Waals surface area contributed by atoms with Crippen molar-refractivity contribution < 1.29 is 14.3 Å². The molecule has 0 fully saturated rings. The average molecular weight is 510 g/mol. The van der Waals surface area contributed by atoms with Crippen LogP contribution in [0.25, 0.3) is 0 Å². The maximum absolute atomic E-state index is 12.7. The van der Waals surface area contributed by atoms with Crippen LogP contribution in [0.2, 0.25) is 0 Å². The van der Waals surface area contributed by atoms with E-state index in [1.807, 2.05) is 45.2 Å². The van der Waals surface area contributed by atoms with E-state index in [-0.39, 0.29) is 5.75 Å². The van der Waals surface area contributed by atoms with Crippen LogP contribution in [0.5, 0.6) is 5.75 Å². The van der Waals surface area contributed by atoms with Crippen LogP contribution in [0, 0.1) is 13.0 Å². The van der Waals surface area contributed by atoms with Crippen molar-refractivity contribution in [3.63, 3.8) is 0 Å². The molecule has 0 saturated carbocycles. The molecule has 0 aromatic heterocycles. The Kier molecular flexibility index (Phi) is 5.51. The monoisotopic (exact) mass is 510 g/mol. The number of carbonyl (C=O) groups excluding carboxylic acids is 1. The fourth-order valence-electron chi connectivity index (χ4n) is 1.49. The number of benzene rings is 2. The molecule has 108 valence electrons. The molecule has 0 aliphatic carbocycles. The number of rotatable bonds is 3. The lowest BCUT2D eigenvalue weighted by Gasteiger charge is -2.02. The second-order valence-corrected chi connectivity index (χ2v) is 6.36. The molecule has 0 atom stereocenters. The summed E-state index contributed by atoms with van der Waals surface area (Å²) in [5.74, 6) is -0.596. The summed E-state index contributed by atoms with van der Waals surface area (Å²) in [4.78, 5) is 11.7. The van der Waals surface area contributed by atoms with Crippen molar-refractivity contribution in [1.82, 2.24) is 5.43 Å². The van der Waals surface area contributed by atoms with Crippen LogP contribution in [0.3, 0.4) is 0 Å². The highest BCUT2D eigenvalue weighted by Crippen LogP contribution is 2.26. The van der Waals surface area contributed by atoms with Crippen LogP contribution in [0.15, 0.2) is 41.5 Å². The SMILES string of the molecule is O=C(NN=Cc1cc(I)c(O)c(I)c1)c1ccc(F)cc1. The minimum Gasteiger partial charge on any atom is -0.506 e. The Bertz CT molecular complexity index is 680. The summed E-state index contributed by atoms with van der Waals surface area (Å²) in [6, 6.07) is 8.67. The molecule has 2 aromatic rings. The minimum absolute atomic E-state index is 0.226. The molecule has 1 amide bonds. The van der Waals surface area contributed by atoms with Crippen molar-refractivity contribution in [2.45, 2.75) is 0 Å². The zero-order valence-electron chi connectivity index (χ0n) is 10.5. The number of carbonyl (C=O) groups is 1. The van der Waals surface area contributed by atoms with Gasteiger partial charge < -0.3 is 5.11 Å². The molecule has 0 saturated heterocycles. The molecular weight excluding hydrogens is 501 g/mol. The molecule has 21 heavy (non-hydrogen) atoms. The van der Waals surface area contributed by atoms with E-state index in [0.717, 1.165) is 5.56 Å². The maximum Gasteiger partial charge on any atom is 0.271 e. The van der Waals surface area contributed by atoms with Gasteiger partial charge in [0, 0.05) is 5.56 Å². The van der Waals surface area contributed by atoms with E-state index in [2.05, 4.69) is 10.5 Å². The van der Waals surface area contributed by atoms with Crippen LogP contribution in [-0.4, -0.2) is 17.2 Å². The van der Waals surface area contributed by atoms with Crippen molar-refractivity contribution in [1.29, 1.82) is 0 Å². The van der Waals surface area contributed by atoms with Gasteiger partial charge in [0.15, 0.2) is 0 Å². The Morgan fingerprint density at radius 1 is 1.19 bits per heavy atom. The molecule has 7 heteroatoms. The van der Waals surface area contributed by atoms with Crippen molar-refractivity contribution >= 4 is 57.3 Å². The Balaban J connectivity index is 2.05. The van der Waals surface area contributed by atoms with E-state index in [1.54, 1.807) is 12.1 Å². The van der Waals surface area contributed by atoms with E-state index in [0.29, 0.717) is 12.7 Å². The third-order valence-corrected chi connectivity index (χ3v) is 4.17. The third kappa shape index (κ3) is 4.37. The van der Waals surface area contributed by atoms with Crippen LogP contribution in [0.1, 0.15) is 15.9 Å². The molecule has 0 heterocycles. The second-order valence-electron chi connectivity index (χ2n) is 4.04. The topological polar surface area (TPSA) is 61.7 Å². The number of phenols is 1. The predicted molar refractivity (Wildman–Crippen MR) is 95.0 cm³/mol. The molecule has 0 bridgehead atoms. The fourth-order valence-corrected chi connectivity index (χ4v) is 3.31. The average Bonchev–Trinajstić information content (AvgIpc) is 2.45. The van der Waals surface area contributed by atoms with Gasteiger partial charge in [0.05, 0.1) is 13.4 Å². The molecule has 0 spiro atoms. The summed E-state index contributed by atoms with van der Waals surface area (Å²) in [7, 11) is 0. The largest absolute Gasteiger partial charge is 0.506 e.